The van der Waals surface area contributed by atoms with Gasteiger partial charge in [-0.1, -0.05) is 0 Å². The van der Waals surface area contributed by atoms with Gasteiger partial charge in [0.1, 0.15) is 23.0 Å². The van der Waals surface area contributed by atoms with Crippen LogP contribution in [0, 0.1) is 10.1 Å². The number of methoxy groups -OCH3 is 1. The first-order chi connectivity index (χ1) is 11.5. The van der Waals surface area contributed by atoms with Gasteiger partial charge in [0.25, 0.3) is 11.6 Å². The van der Waals surface area contributed by atoms with Crippen LogP contribution in [0.4, 0.5) is 5.69 Å². The van der Waals surface area contributed by atoms with Crippen molar-refractivity contribution in [3.8, 4) is 17.1 Å². The van der Waals surface area contributed by atoms with E-state index < -0.39 is 4.92 Å². The number of furan rings is 1. The molecule has 0 spiro atoms. The van der Waals surface area contributed by atoms with Crippen molar-refractivity contribution in [3.63, 3.8) is 0 Å². The number of nitrogens with zero attached hydrogens (tertiary/aromatic N) is 1. The normalized spacial score (nSPS) is 15.3. The molecule has 9 heteroatoms. The topological polar surface area (TPSA) is 107 Å². The molecule has 2 aromatic rings. The molecule has 8 nitrogen and oxygen atoms in total. The maximum Gasteiger partial charge on any atom is 0.274 e. The summed E-state index contributed by atoms with van der Waals surface area (Å²) in [7, 11) is 1.42. The number of amides is 1. The number of hydrogen-bond donors (Lipinski definition) is 2. The minimum absolute atomic E-state index is 0.0789. The van der Waals surface area contributed by atoms with Gasteiger partial charge >= 0.3 is 0 Å². The second kappa shape index (κ2) is 6.13. The maximum atomic E-state index is 11.6. The standard InChI is InChI=1S/C15H11N3O5S/c1-22-13-6-8(18(20)21)2-4-10(13)12-5-3-9(23-12)7-11-14(19)17-15(24)16-11/h2-7H,1H3,(H2,16,17,19,24)/b11-7+. The number of hydrogen-bond acceptors (Lipinski definition) is 6. The predicted molar refractivity (Wildman–Crippen MR) is 89.2 cm³/mol. The van der Waals surface area contributed by atoms with E-state index >= 15 is 0 Å². The fourth-order valence-electron chi connectivity index (χ4n) is 2.20. The number of benzene rings is 1. The molecule has 3 rings (SSSR count). The van der Waals surface area contributed by atoms with Gasteiger partial charge in [-0.3, -0.25) is 20.2 Å². The lowest BCUT2D eigenvalue weighted by atomic mass is 10.1. The molecule has 0 saturated carbocycles. The minimum Gasteiger partial charge on any atom is -0.496 e. The quantitative estimate of drug-likeness (QED) is 0.379. The zero-order chi connectivity index (χ0) is 17.3. The Morgan fingerprint density at radius 1 is 1.29 bits per heavy atom. The Morgan fingerprint density at radius 3 is 2.71 bits per heavy atom. The van der Waals surface area contributed by atoms with E-state index in [-0.39, 0.29) is 22.4 Å². The summed E-state index contributed by atoms with van der Waals surface area (Å²) in [5.41, 5.74) is 0.758. The van der Waals surface area contributed by atoms with E-state index in [1.807, 2.05) is 0 Å². The second-order valence-corrected chi connectivity index (χ2v) is 5.22. The van der Waals surface area contributed by atoms with Crippen LogP contribution < -0.4 is 15.4 Å². The molecule has 0 bridgehead atoms. The van der Waals surface area contributed by atoms with Crippen molar-refractivity contribution in [2.75, 3.05) is 7.11 Å². The van der Waals surface area contributed by atoms with Crippen molar-refractivity contribution in [2.45, 2.75) is 0 Å². The molecule has 1 amide bonds. The van der Waals surface area contributed by atoms with Crippen LogP contribution in [-0.4, -0.2) is 23.1 Å². The van der Waals surface area contributed by atoms with Gasteiger partial charge in [-0.15, -0.1) is 0 Å². The molecular formula is C15H11N3O5S. The Hall–Kier alpha value is -3.20. The Kier molecular flexibility index (Phi) is 4.00. The highest BCUT2D eigenvalue weighted by molar-refractivity contribution is 7.80. The molecule has 1 aromatic carbocycles. The summed E-state index contributed by atoms with van der Waals surface area (Å²) >= 11 is 4.85. The average Bonchev–Trinajstić information content (AvgIpc) is 3.13. The number of non-ortho nitro benzene ring substituents is 1. The number of carbonyl (C=O) groups is 1. The fraction of sp³-hybridized carbons (Fsp3) is 0.0667. The van der Waals surface area contributed by atoms with Gasteiger partial charge in [-0.05, 0) is 30.4 Å². The first kappa shape index (κ1) is 15.7. The van der Waals surface area contributed by atoms with Gasteiger partial charge in [0.05, 0.1) is 23.7 Å². The van der Waals surface area contributed by atoms with Crippen LogP contribution in [0.2, 0.25) is 0 Å². The lowest BCUT2D eigenvalue weighted by Crippen LogP contribution is -2.21. The molecule has 0 aliphatic carbocycles. The third kappa shape index (κ3) is 2.97. The summed E-state index contributed by atoms with van der Waals surface area (Å²) in [6, 6.07) is 7.58. The molecular weight excluding hydrogens is 334 g/mol. The van der Waals surface area contributed by atoms with Gasteiger partial charge < -0.3 is 14.5 Å². The van der Waals surface area contributed by atoms with Gasteiger partial charge in [0, 0.05) is 12.1 Å². The summed E-state index contributed by atoms with van der Waals surface area (Å²) in [4.78, 5) is 21.9. The van der Waals surface area contributed by atoms with Crippen molar-refractivity contribution < 1.29 is 18.9 Å². The molecule has 2 heterocycles. The van der Waals surface area contributed by atoms with Crippen molar-refractivity contribution in [1.82, 2.24) is 10.6 Å². The predicted octanol–water partition coefficient (Wildman–Crippen LogP) is 2.21. The Labute approximate surface area is 141 Å². The lowest BCUT2D eigenvalue weighted by Gasteiger charge is -2.05. The Balaban J connectivity index is 1.94. The summed E-state index contributed by atoms with van der Waals surface area (Å²) < 4.78 is 10.9. The molecule has 0 atom stereocenters. The van der Waals surface area contributed by atoms with E-state index in [0.717, 1.165) is 0 Å². The monoisotopic (exact) mass is 345 g/mol. The van der Waals surface area contributed by atoms with Gasteiger partial charge in [-0.2, -0.15) is 0 Å². The maximum absolute atomic E-state index is 11.6. The highest BCUT2D eigenvalue weighted by atomic mass is 32.1. The number of ether oxygens (including phenoxy) is 1. The van der Waals surface area contributed by atoms with Crippen molar-refractivity contribution in [2.24, 2.45) is 0 Å². The zero-order valence-corrected chi connectivity index (χ0v) is 13.2. The molecule has 0 unspecified atom stereocenters. The molecule has 24 heavy (non-hydrogen) atoms. The van der Waals surface area contributed by atoms with Crippen LogP contribution in [0.25, 0.3) is 17.4 Å². The van der Waals surface area contributed by atoms with Crippen LogP contribution in [0.3, 0.4) is 0 Å². The summed E-state index contributed by atoms with van der Waals surface area (Å²) in [5, 5.41) is 16.2. The van der Waals surface area contributed by atoms with E-state index in [4.69, 9.17) is 21.4 Å². The number of nitrogens with one attached hydrogen (secondary N) is 2. The summed E-state index contributed by atoms with van der Waals surface area (Å²) in [6.45, 7) is 0. The molecule has 0 radical (unpaired) electrons. The summed E-state index contributed by atoms with van der Waals surface area (Å²) in [6.07, 6.45) is 1.51. The molecule has 122 valence electrons. The third-order valence-corrected chi connectivity index (χ3v) is 3.50. The number of nitro groups is 1. The minimum atomic E-state index is -0.502. The molecule has 2 N–H and O–H groups in total. The van der Waals surface area contributed by atoms with Gasteiger partial charge in [0.2, 0.25) is 0 Å². The van der Waals surface area contributed by atoms with Crippen LogP contribution in [0.5, 0.6) is 5.75 Å². The molecule has 1 fully saturated rings. The molecule has 1 aromatic heterocycles. The molecule has 1 saturated heterocycles. The van der Waals surface area contributed by atoms with E-state index in [1.165, 1.54) is 25.3 Å². The number of rotatable bonds is 4. The first-order valence-corrected chi connectivity index (χ1v) is 7.15. The SMILES string of the molecule is COc1cc([N+](=O)[O-])ccc1-c1ccc(/C=C2/NC(=S)NC2=O)o1. The Bertz CT molecular complexity index is 887. The van der Waals surface area contributed by atoms with E-state index in [9.17, 15) is 14.9 Å². The number of thiocarbonyl (C=S) groups is 1. The molecule has 1 aliphatic heterocycles. The summed E-state index contributed by atoms with van der Waals surface area (Å²) in [5.74, 6) is 0.851. The zero-order valence-electron chi connectivity index (χ0n) is 12.4. The van der Waals surface area contributed by atoms with Crippen LogP contribution in [0.15, 0.2) is 40.4 Å². The number of nitro benzene ring substituents is 1. The van der Waals surface area contributed by atoms with Crippen molar-refractivity contribution in [1.29, 1.82) is 0 Å². The van der Waals surface area contributed by atoms with Crippen LogP contribution in [0.1, 0.15) is 5.76 Å². The lowest BCUT2D eigenvalue weighted by molar-refractivity contribution is -0.384. The largest absolute Gasteiger partial charge is 0.496 e. The van der Waals surface area contributed by atoms with Gasteiger partial charge in [-0.25, -0.2) is 0 Å². The smallest absolute Gasteiger partial charge is 0.274 e. The van der Waals surface area contributed by atoms with Crippen LogP contribution >= 0.6 is 12.2 Å². The number of carbonyl (C=O) groups excluding carboxylic acids is 1. The van der Waals surface area contributed by atoms with E-state index in [0.29, 0.717) is 22.8 Å². The van der Waals surface area contributed by atoms with Gasteiger partial charge in [0.15, 0.2) is 5.11 Å². The highest BCUT2D eigenvalue weighted by Crippen LogP contribution is 2.34. The van der Waals surface area contributed by atoms with Crippen molar-refractivity contribution in [3.05, 3.63) is 51.9 Å². The first-order valence-electron chi connectivity index (χ1n) is 6.74. The van der Waals surface area contributed by atoms with Crippen LogP contribution in [-0.2, 0) is 4.79 Å². The average molecular weight is 345 g/mol. The second-order valence-electron chi connectivity index (χ2n) is 4.81. The van der Waals surface area contributed by atoms with E-state index in [1.54, 1.807) is 18.2 Å². The van der Waals surface area contributed by atoms with Crippen molar-refractivity contribution >= 4 is 35.0 Å². The molecule has 1 aliphatic rings. The van der Waals surface area contributed by atoms with E-state index in [2.05, 4.69) is 10.6 Å². The Morgan fingerprint density at radius 2 is 2.08 bits per heavy atom. The fourth-order valence-corrected chi connectivity index (χ4v) is 2.40. The third-order valence-electron chi connectivity index (χ3n) is 3.29. The highest BCUT2D eigenvalue weighted by Gasteiger charge is 2.21.